The SMILES string of the molecule is CC(C)Cc1nc2oc3c(ncn4c(=S)[nH]nc34)c2c2c1CCC2. The highest BCUT2D eigenvalue weighted by Gasteiger charge is 2.25. The number of aromatic amines is 1. The number of fused-ring (bicyclic) bond motifs is 7. The zero-order valence-corrected chi connectivity index (χ0v) is 14.4. The minimum Gasteiger partial charge on any atom is -0.432 e. The fourth-order valence-corrected chi connectivity index (χ4v) is 3.99. The van der Waals surface area contributed by atoms with E-state index < -0.39 is 0 Å². The fraction of sp³-hybridized carbons (Fsp3) is 0.412. The van der Waals surface area contributed by atoms with Crippen LogP contribution in [0.1, 0.15) is 37.1 Å². The van der Waals surface area contributed by atoms with Gasteiger partial charge in [0.15, 0.2) is 0 Å². The van der Waals surface area contributed by atoms with Crippen molar-refractivity contribution in [2.24, 2.45) is 5.92 Å². The average molecular weight is 339 g/mol. The molecule has 7 heteroatoms. The maximum atomic E-state index is 6.10. The predicted octanol–water partition coefficient (Wildman–Crippen LogP) is 3.77. The Kier molecular flexibility index (Phi) is 2.85. The zero-order valence-electron chi connectivity index (χ0n) is 13.6. The van der Waals surface area contributed by atoms with Gasteiger partial charge in [-0.2, -0.15) is 5.10 Å². The molecule has 1 aliphatic carbocycles. The van der Waals surface area contributed by atoms with Gasteiger partial charge in [-0.3, -0.25) is 9.50 Å². The summed E-state index contributed by atoms with van der Waals surface area (Å²) >= 11 is 5.23. The first-order chi connectivity index (χ1) is 11.6. The van der Waals surface area contributed by atoms with Crippen LogP contribution in [0.3, 0.4) is 0 Å². The first-order valence-corrected chi connectivity index (χ1v) is 8.73. The summed E-state index contributed by atoms with van der Waals surface area (Å²) in [4.78, 5) is 9.46. The third-order valence-electron chi connectivity index (χ3n) is 4.78. The van der Waals surface area contributed by atoms with Gasteiger partial charge in [-0.05, 0) is 54.9 Å². The third kappa shape index (κ3) is 1.81. The van der Waals surface area contributed by atoms with Gasteiger partial charge in [0.05, 0.1) is 5.39 Å². The molecule has 0 aromatic carbocycles. The van der Waals surface area contributed by atoms with Crippen molar-refractivity contribution in [2.75, 3.05) is 0 Å². The molecule has 1 aliphatic rings. The monoisotopic (exact) mass is 339 g/mol. The van der Waals surface area contributed by atoms with Crippen molar-refractivity contribution >= 4 is 40.1 Å². The quantitative estimate of drug-likeness (QED) is 0.563. The summed E-state index contributed by atoms with van der Waals surface area (Å²) < 4.78 is 8.35. The van der Waals surface area contributed by atoms with Crippen molar-refractivity contribution in [2.45, 2.75) is 39.5 Å². The minimum atomic E-state index is 0.513. The van der Waals surface area contributed by atoms with Gasteiger partial charge in [0.25, 0.3) is 0 Å². The summed E-state index contributed by atoms with van der Waals surface area (Å²) in [6.07, 6.45) is 6.02. The summed E-state index contributed by atoms with van der Waals surface area (Å²) in [5.74, 6) is 0.568. The number of furan rings is 1. The number of H-pyrrole nitrogens is 1. The second kappa shape index (κ2) is 4.86. The van der Waals surface area contributed by atoms with E-state index in [0.717, 1.165) is 30.2 Å². The highest BCUT2D eigenvalue weighted by Crippen LogP contribution is 2.37. The Labute approximate surface area is 142 Å². The van der Waals surface area contributed by atoms with Gasteiger partial charge in [-0.25, -0.2) is 9.97 Å². The molecule has 0 atom stereocenters. The molecule has 0 saturated heterocycles. The zero-order chi connectivity index (χ0) is 16.4. The van der Waals surface area contributed by atoms with E-state index in [1.807, 2.05) is 0 Å². The lowest BCUT2D eigenvalue weighted by molar-refractivity contribution is 0.617. The Morgan fingerprint density at radius 1 is 1.33 bits per heavy atom. The lowest BCUT2D eigenvalue weighted by Gasteiger charge is -2.10. The molecule has 24 heavy (non-hydrogen) atoms. The van der Waals surface area contributed by atoms with E-state index in [0.29, 0.717) is 27.6 Å². The summed E-state index contributed by atoms with van der Waals surface area (Å²) in [5.41, 5.74) is 6.78. The number of pyridine rings is 1. The molecule has 0 unspecified atom stereocenters. The predicted molar refractivity (Wildman–Crippen MR) is 93.8 cm³/mol. The Morgan fingerprint density at radius 2 is 2.17 bits per heavy atom. The number of rotatable bonds is 2. The van der Waals surface area contributed by atoms with Gasteiger partial charge in [-0.1, -0.05) is 13.8 Å². The summed E-state index contributed by atoms with van der Waals surface area (Å²) in [6.45, 7) is 4.45. The van der Waals surface area contributed by atoms with Gasteiger partial charge in [0.2, 0.25) is 21.7 Å². The normalized spacial score (nSPS) is 14.5. The highest BCUT2D eigenvalue weighted by atomic mass is 32.1. The molecule has 0 saturated carbocycles. The van der Waals surface area contributed by atoms with E-state index in [9.17, 15) is 0 Å². The highest BCUT2D eigenvalue weighted by molar-refractivity contribution is 7.71. The lowest BCUT2D eigenvalue weighted by atomic mass is 9.99. The topological polar surface area (TPSA) is 72.0 Å². The fourth-order valence-electron chi connectivity index (χ4n) is 3.81. The van der Waals surface area contributed by atoms with E-state index >= 15 is 0 Å². The summed E-state index contributed by atoms with van der Waals surface area (Å²) in [6, 6.07) is 0. The molecular formula is C17H17N5OS. The van der Waals surface area contributed by atoms with E-state index in [4.69, 9.17) is 21.6 Å². The number of hydrogen-bond donors (Lipinski definition) is 1. The Morgan fingerprint density at radius 3 is 3.00 bits per heavy atom. The molecule has 0 spiro atoms. The van der Waals surface area contributed by atoms with Crippen molar-refractivity contribution in [3.8, 4) is 0 Å². The van der Waals surface area contributed by atoms with Crippen LogP contribution < -0.4 is 0 Å². The Hall–Kier alpha value is -2.28. The van der Waals surface area contributed by atoms with Crippen LogP contribution in [0.2, 0.25) is 0 Å². The van der Waals surface area contributed by atoms with Crippen molar-refractivity contribution in [3.05, 3.63) is 27.9 Å². The van der Waals surface area contributed by atoms with Crippen LogP contribution in [0, 0.1) is 10.7 Å². The molecule has 0 aliphatic heterocycles. The van der Waals surface area contributed by atoms with E-state index in [-0.39, 0.29) is 0 Å². The number of nitrogens with zero attached hydrogens (tertiary/aromatic N) is 4. The molecule has 0 fully saturated rings. The largest absolute Gasteiger partial charge is 0.432 e. The van der Waals surface area contributed by atoms with E-state index in [1.54, 1.807) is 10.7 Å². The third-order valence-corrected chi connectivity index (χ3v) is 5.07. The molecule has 4 aromatic heterocycles. The van der Waals surface area contributed by atoms with Crippen molar-refractivity contribution in [3.63, 3.8) is 0 Å². The van der Waals surface area contributed by atoms with Crippen LogP contribution in [-0.4, -0.2) is 24.6 Å². The summed E-state index contributed by atoms with van der Waals surface area (Å²) in [5, 5.41) is 8.15. The average Bonchev–Trinajstić information content (AvgIpc) is 3.22. The van der Waals surface area contributed by atoms with Crippen LogP contribution in [0.5, 0.6) is 0 Å². The molecule has 0 radical (unpaired) electrons. The van der Waals surface area contributed by atoms with Crippen LogP contribution in [0.25, 0.3) is 27.8 Å². The van der Waals surface area contributed by atoms with Crippen LogP contribution in [0.4, 0.5) is 0 Å². The van der Waals surface area contributed by atoms with Crippen molar-refractivity contribution in [1.29, 1.82) is 0 Å². The van der Waals surface area contributed by atoms with E-state index in [2.05, 4.69) is 29.0 Å². The molecule has 4 aromatic rings. The van der Waals surface area contributed by atoms with Crippen LogP contribution in [0.15, 0.2) is 10.7 Å². The van der Waals surface area contributed by atoms with Gasteiger partial charge in [-0.15, -0.1) is 0 Å². The van der Waals surface area contributed by atoms with Crippen LogP contribution in [-0.2, 0) is 19.3 Å². The standard InChI is InChI=1S/C17H17N5OS/c1-8(2)6-11-9-4-3-5-10(9)12-13-14(23-16(12)19-11)15-20-21-17(24)22(15)7-18-13/h7-8H,3-6H2,1-2H3,(H,21,24). The van der Waals surface area contributed by atoms with Gasteiger partial charge >= 0.3 is 0 Å². The number of hydrogen-bond acceptors (Lipinski definition) is 5. The lowest BCUT2D eigenvalue weighted by Crippen LogP contribution is -2.03. The Bertz CT molecular complexity index is 1170. The molecule has 0 bridgehead atoms. The molecule has 6 nitrogen and oxygen atoms in total. The van der Waals surface area contributed by atoms with Gasteiger partial charge in [0, 0.05) is 5.69 Å². The second-order valence-corrected chi connectivity index (χ2v) is 7.28. The molecule has 1 N–H and O–H groups in total. The molecule has 4 heterocycles. The smallest absolute Gasteiger partial charge is 0.229 e. The minimum absolute atomic E-state index is 0.513. The maximum Gasteiger partial charge on any atom is 0.229 e. The summed E-state index contributed by atoms with van der Waals surface area (Å²) in [7, 11) is 0. The van der Waals surface area contributed by atoms with E-state index in [1.165, 1.54) is 23.2 Å². The van der Waals surface area contributed by atoms with Gasteiger partial charge < -0.3 is 4.42 Å². The van der Waals surface area contributed by atoms with Gasteiger partial charge in [0.1, 0.15) is 11.8 Å². The molecule has 122 valence electrons. The molecule has 5 rings (SSSR count). The molecule has 0 amide bonds. The Balaban J connectivity index is 1.92. The number of nitrogens with one attached hydrogen (secondary N) is 1. The first-order valence-electron chi connectivity index (χ1n) is 8.32. The molecular weight excluding hydrogens is 322 g/mol. The maximum absolute atomic E-state index is 6.10. The second-order valence-electron chi connectivity index (χ2n) is 6.89. The van der Waals surface area contributed by atoms with Crippen molar-refractivity contribution in [1.82, 2.24) is 24.6 Å². The van der Waals surface area contributed by atoms with Crippen LogP contribution >= 0.6 is 12.2 Å². The first kappa shape index (κ1) is 14.1. The number of aryl methyl sites for hydroxylation is 1. The van der Waals surface area contributed by atoms with Crippen molar-refractivity contribution < 1.29 is 4.42 Å². The number of aromatic nitrogens is 5.